The van der Waals surface area contributed by atoms with Crippen LogP contribution in [0.25, 0.3) is 0 Å². The lowest BCUT2D eigenvalue weighted by Crippen LogP contribution is -2.45. The SMILES string of the molecule is CCC/C=C\C/C=C\CCCCCCCC(=O)OCCCCCCCCCCCCCC/C=C\CCCCCCCCCC(=O)NC(CO)C(O)/C=C/CCCCCCCCCCCCCCCC. The maximum Gasteiger partial charge on any atom is 0.305 e. The maximum atomic E-state index is 12.5. The van der Waals surface area contributed by atoms with E-state index in [0.717, 1.165) is 57.8 Å². The normalized spacial score (nSPS) is 12.9. The molecule has 0 aliphatic heterocycles. The van der Waals surface area contributed by atoms with Crippen molar-refractivity contribution in [1.29, 1.82) is 0 Å². The zero-order valence-corrected chi connectivity index (χ0v) is 46.0. The van der Waals surface area contributed by atoms with Crippen LogP contribution < -0.4 is 5.32 Å². The molecule has 2 unspecified atom stereocenters. The first-order valence-electron chi connectivity index (χ1n) is 30.4. The van der Waals surface area contributed by atoms with E-state index in [-0.39, 0.29) is 18.5 Å². The number of esters is 1. The van der Waals surface area contributed by atoms with Crippen molar-refractivity contribution in [2.45, 2.75) is 328 Å². The highest BCUT2D eigenvalue weighted by Crippen LogP contribution is 2.16. The van der Waals surface area contributed by atoms with Gasteiger partial charge in [0, 0.05) is 12.8 Å². The van der Waals surface area contributed by atoms with E-state index in [2.05, 4.69) is 55.6 Å². The Hall–Kier alpha value is -2.18. The number of aliphatic hydroxyl groups excluding tert-OH is 2. The van der Waals surface area contributed by atoms with Crippen LogP contribution in [0, 0.1) is 0 Å². The summed E-state index contributed by atoms with van der Waals surface area (Å²) in [4.78, 5) is 24.5. The Morgan fingerprint density at radius 3 is 1.17 bits per heavy atom. The van der Waals surface area contributed by atoms with E-state index >= 15 is 0 Å². The molecule has 6 nitrogen and oxygen atoms in total. The van der Waals surface area contributed by atoms with Crippen LogP contribution in [0.5, 0.6) is 0 Å². The van der Waals surface area contributed by atoms with Gasteiger partial charge in [0.2, 0.25) is 5.91 Å². The Balaban J connectivity index is 3.45. The summed E-state index contributed by atoms with van der Waals surface area (Å²) in [5.74, 6) is -0.0785. The third kappa shape index (κ3) is 55.0. The molecule has 6 heteroatoms. The van der Waals surface area contributed by atoms with Gasteiger partial charge in [-0.1, -0.05) is 268 Å². The van der Waals surface area contributed by atoms with Crippen molar-refractivity contribution in [3.05, 3.63) is 48.6 Å². The summed E-state index contributed by atoms with van der Waals surface area (Å²) in [6.45, 7) is 4.84. The number of carbonyl (C=O) groups is 2. The van der Waals surface area contributed by atoms with Crippen molar-refractivity contribution in [3.8, 4) is 0 Å². The van der Waals surface area contributed by atoms with Crippen molar-refractivity contribution in [3.63, 3.8) is 0 Å². The lowest BCUT2D eigenvalue weighted by atomic mass is 10.0. The largest absolute Gasteiger partial charge is 0.466 e. The van der Waals surface area contributed by atoms with E-state index in [1.807, 2.05) is 6.08 Å². The lowest BCUT2D eigenvalue weighted by molar-refractivity contribution is -0.143. The van der Waals surface area contributed by atoms with E-state index in [0.29, 0.717) is 19.4 Å². The Kier molecular flexibility index (Phi) is 56.5. The van der Waals surface area contributed by atoms with E-state index in [4.69, 9.17) is 4.74 Å². The van der Waals surface area contributed by atoms with Crippen molar-refractivity contribution in [2.24, 2.45) is 0 Å². The van der Waals surface area contributed by atoms with Crippen LogP contribution in [0.2, 0.25) is 0 Å². The number of unbranched alkanes of at least 4 members (excludes halogenated alkanes) is 39. The predicted octanol–water partition coefficient (Wildman–Crippen LogP) is 19.0. The maximum absolute atomic E-state index is 12.5. The third-order valence-electron chi connectivity index (χ3n) is 13.8. The molecule has 0 fully saturated rings. The summed E-state index contributed by atoms with van der Waals surface area (Å²) in [7, 11) is 0. The van der Waals surface area contributed by atoms with Crippen molar-refractivity contribution < 1.29 is 24.5 Å². The van der Waals surface area contributed by atoms with Crippen LogP contribution in [0.3, 0.4) is 0 Å². The zero-order chi connectivity index (χ0) is 50.0. The molecule has 2 atom stereocenters. The van der Waals surface area contributed by atoms with E-state index in [1.54, 1.807) is 6.08 Å². The number of carbonyl (C=O) groups excluding carboxylic acids is 2. The molecule has 404 valence electrons. The minimum atomic E-state index is -0.849. The van der Waals surface area contributed by atoms with E-state index in [1.165, 1.54) is 231 Å². The van der Waals surface area contributed by atoms with Crippen molar-refractivity contribution >= 4 is 11.9 Å². The van der Waals surface area contributed by atoms with Gasteiger partial charge in [-0.15, -0.1) is 0 Å². The molecule has 0 aromatic rings. The minimum Gasteiger partial charge on any atom is -0.466 e. The number of allylic oxidation sites excluding steroid dienone is 7. The Morgan fingerprint density at radius 1 is 0.406 bits per heavy atom. The van der Waals surface area contributed by atoms with E-state index in [9.17, 15) is 19.8 Å². The molecule has 0 saturated heterocycles. The fourth-order valence-corrected chi connectivity index (χ4v) is 9.14. The highest BCUT2D eigenvalue weighted by Gasteiger charge is 2.18. The number of aliphatic hydroxyl groups is 2. The van der Waals surface area contributed by atoms with Gasteiger partial charge in [0.05, 0.1) is 25.4 Å². The van der Waals surface area contributed by atoms with Gasteiger partial charge in [0.25, 0.3) is 0 Å². The molecule has 0 aliphatic carbocycles. The van der Waals surface area contributed by atoms with Gasteiger partial charge >= 0.3 is 5.97 Å². The van der Waals surface area contributed by atoms with Gasteiger partial charge in [-0.25, -0.2) is 0 Å². The highest BCUT2D eigenvalue weighted by molar-refractivity contribution is 5.76. The molecule has 0 saturated carbocycles. The summed E-state index contributed by atoms with van der Waals surface area (Å²) < 4.78 is 5.46. The molecule has 0 aromatic heterocycles. The Labute approximate surface area is 429 Å². The molecule has 1 amide bonds. The highest BCUT2D eigenvalue weighted by atomic mass is 16.5. The molecular weight excluding hydrogens is 851 g/mol. The van der Waals surface area contributed by atoms with Crippen LogP contribution in [0.1, 0.15) is 316 Å². The minimum absolute atomic E-state index is 0.00481. The van der Waals surface area contributed by atoms with Gasteiger partial charge in [-0.2, -0.15) is 0 Å². The summed E-state index contributed by atoms with van der Waals surface area (Å²) in [5, 5.41) is 23.1. The zero-order valence-electron chi connectivity index (χ0n) is 46.0. The average molecular weight is 969 g/mol. The van der Waals surface area contributed by atoms with Crippen LogP contribution >= 0.6 is 0 Å². The summed E-state index contributed by atoms with van der Waals surface area (Å²) >= 11 is 0. The smallest absolute Gasteiger partial charge is 0.305 e. The van der Waals surface area contributed by atoms with Gasteiger partial charge in [-0.3, -0.25) is 9.59 Å². The van der Waals surface area contributed by atoms with Crippen molar-refractivity contribution in [2.75, 3.05) is 13.2 Å². The van der Waals surface area contributed by atoms with Crippen LogP contribution in [-0.4, -0.2) is 47.4 Å². The number of ether oxygens (including phenoxy) is 1. The standard InChI is InChI=1S/C63H117NO5/c1-3-5-7-9-11-13-15-17-18-28-32-35-39-43-47-51-55-61(66)60(59-65)64-62(67)56-52-48-44-40-36-33-29-26-24-22-20-19-21-23-25-27-30-34-38-42-46-50-54-58-69-63(68)57-53-49-45-41-37-31-16-14-12-10-8-6-4-2/h8,10,14,16,22,24,51,55,60-61,65-66H,3-7,9,11-13,15,17-21,23,25-50,52-54,56-59H2,1-2H3,(H,64,67)/b10-8-,16-14-,24-22-,55-51+. The quantitative estimate of drug-likeness (QED) is 0.0321. The first kappa shape index (κ1) is 66.8. The fraction of sp³-hybridized carbons (Fsp3) is 0.841. The second-order valence-corrected chi connectivity index (χ2v) is 20.7. The van der Waals surface area contributed by atoms with Crippen LogP contribution in [0.15, 0.2) is 48.6 Å². The predicted molar refractivity (Wildman–Crippen MR) is 301 cm³/mol. The lowest BCUT2D eigenvalue weighted by Gasteiger charge is -2.20. The van der Waals surface area contributed by atoms with Gasteiger partial charge < -0.3 is 20.3 Å². The molecule has 0 aliphatic rings. The monoisotopic (exact) mass is 968 g/mol. The molecule has 0 spiro atoms. The number of rotatable bonds is 56. The second-order valence-electron chi connectivity index (χ2n) is 20.7. The van der Waals surface area contributed by atoms with E-state index < -0.39 is 12.1 Å². The molecule has 0 radical (unpaired) electrons. The summed E-state index contributed by atoms with van der Waals surface area (Å²) in [5.41, 5.74) is 0. The van der Waals surface area contributed by atoms with Gasteiger partial charge in [0.1, 0.15) is 0 Å². The molecular formula is C63H117NO5. The van der Waals surface area contributed by atoms with Gasteiger partial charge in [-0.05, 0) is 83.5 Å². The Bertz CT molecular complexity index is 1160. The number of hydrogen-bond donors (Lipinski definition) is 3. The van der Waals surface area contributed by atoms with Crippen LogP contribution in [0.4, 0.5) is 0 Å². The second kappa shape index (κ2) is 58.4. The number of nitrogens with one attached hydrogen (secondary N) is 1. The molecule has 0 aromatic carbocycles. The average Bonchev–Trinajstić information content (AvgIpc) is 3.35. The number of amides is 1. The fourth-order valence-electron chi connectivity index (χ4n) is 9.14. The first-order valence-corrected chi connectivity index (χ1v) is 30.4. The molecule has 0 heterocycles. The molecule has 69 heavy (non-hydrogen) atoms. The molecule has 3 N–H and O–H groups in total. The molecule has 0 rings (SSSR count). The summed E-state index contributed by atoms with van der Waals surface area (Å²) in [6.07, 6.45) is 74.3. The van der Waals surface area contributed by atoms with Crippen LogP contribution in [-0.2, 0) is 14.3 Å². The Morgan fingerprint density at radius 2 is 0.754 bits per heavy atom. The number of hydrogen-bond acceptors (Lipinski definition) is 5. The summed E-state index contributed by atoms with van der Waals surface area (Å²) in [6, 6.07) is -0.633. The molecule has 0 bridgehead atoms. The van der Waals surface area contributed by atoms with Gasteiger partial charge in [0.15, 0.2) is 0 Å². The third-order valence-corrected chi connectivity index (χ3v) is 13.8. The topological polar surface area (TPSA) is 95.9 Å². The first-order chi connectivity index (χ1) is 34.0. The van der Waals surface area contributed by atoms with Crippen molar-refractivity contribution in [1.82, 2.24) is 5.32 Å².